The van der Waals surface area contributed by atoms with E-state index in [0.29, 0.717) is 12.1 Å². The first-order chi connectivity index (χ1) is 8.25. The molecule has 0 saturated carbocycles. The van der Waals surface area contributed by atoms with Crippen LogP contribution in [0.1, 0.15) is 12.0 Å². The molecular formula is C14H14N2O. The lowest BCUT2D eigenvalue weighted by atomic mass is 10.2. The molecule has 3 nitrogen and oxygen atoms in total. The van der Waals surface area contributed by atoms with E-state index in [-0.39, 0.29) is 5.78 Å². The third kappa shape index (κ3) is 3.14. The molecule has 1 aliphatic rings. The van der Waals surface area contributed by atoms with E-state index in [1.54, 1.807) is 6.08 Å². The number of hydrogen-bond donors (Lipinski definition) is 1. The molecule has 0 spiro atoms. The molecule has 0 atom stereocenters. The number of aryl methyl sites for hydroxylation is 1. The quantitative estimate of drug-likeness (QED) is 0.788. The van der Waals surface area contributed by atoms with Crippen LogP contribution >= 0.6 is 0 Å². The first kappa shape index (κ1) is 11.3. The lowest BCUT2D eigenvalue weighted by Gasteiger charge is -2.02. The second-order valence-corrected chi connectivity index (χ2v) is 3.89. The van der Waals surface area contributed by atoms with Crippen molar-refractivity contribution in [3.8, 4) is 0 Å². The van der Waals surface area contributed by atoms with Gasteiger partial charge in [0.1, 0.15) is 5.71 Å². The minimum absolute atomic E-state index is 0.0228. The number of hydrogen-bond acceptors (Lipinski definition) is 3. The van der Waals surface area contributed by atoms with Crippen LogP contribution in [0.15, 0.2) is 53.7 Å². The maximum atomic E-state index is 11.6. The molecule has 1 aliphatic carbocycles. The number of anilines is 1. The number of nitrogens with zero attached hydrogens (tertiary/aromatic N) is 1. The predicted molar refractivity (Wildman–Crippen MR) is 70.1 cm³/mol. The molecular weight excluding hydrogens is 212 g/mol. The van der Waals surface area contributed by atoms with Crippen molar-refractivity contribution >= 4 is 17.2 Å². The maximum Gasteiger partial charge on any atom is 0.186 e. The summed E-state index contributed by atoms with van der Waals surface area (Å²) in [6.07, 6.45) is 7.62. The second kappa shape index (κ2) is 5.25. The Morgan fingerprint density at radius 3 is 2.71 bits per heavy atom. The highest BCUT2D eigenvalue weighted by Gasteiger charge is 2.07. The van der Waals surface area contributed by atoms with E-state index in [0.717, 1.165) is 5.69 Å². The average Bonchev–Trinajstić information content (AvgIpc) is 2.54. The van der Waals surface area contributed by atoms with E-state index in [1.807, 2.05) is 49.4 Å². The van der Waals surface area contributed by atoms with Crippen LogP contribution in [0.3, 0.4) is 0 Å². The number of ketones is 1. The number of Topliss-reactive ketones (excluding diaryl/α,β-unsaturated/α-hetero) is 1. The minimum atomic E-state index is 0.0228. The zero-order chi connectivity index (χ0) is 12.1. The van der Waals surface area contributed by atoms with Crippen molar-refractivity contribution in [2.45, 2.75) is 13.3 Å². The second-order valence-electron chi connectivity index (χ2n) is 3.89. The Balaban J connectivity index is 2.09. The molecule has 0 amide bonds. The minimum Gasteiger partial charge on any atom is -0.292 e. The zero-order valence-corrected chi connectivity index (χ0v) is 9.68. The molecule has 0 heterocycles. The molecule has 0 radical (unpaired) electrons. The summed E-state index contributed by atoms with van der Waals surface area (Å²) in [5, 5.41) is 4.11. The van der Waals surface area contributed by atoms with Crippen molar-refractivity contribution < 1.29 is 4.79 Å². The summed E-state index contributed by atoms with van der Waals surface area (Å²) in [6, 6.07) is 7.86. The van der Waals surface area contributed by atoms with Crippen LogP contribution in [0.25, 0.3) is 0 Å². The fourth-order valence-electron chi connectivity index (χ4n) is 1.45. The van der Waals surface area contributed by atoms with E-state index in [9.17, 15) is 4.79 Å². The van der Waals surface area contributed by atoms with Gasteiger partial charge in [0.2, 0.25) is 0 Å². The highest BCUT2D eigenvalue weighted by atomic mass is 16.1. The summed E-state index contributed by atoms with van der Waals surface area (Å²) in [4.78, 5) is 11.6. The number of rotatable bonds is 2. The molecule has 1 aromatic carbocycles. The van der Waals surface area contributed by atoms with E-state index >= 15 is 0 Å². The first-order valence-electron chi connectivity index (χ1n) is 5.52. The molecule has 1 aromatic rings. The van der Waals surface area contributed by atoms with Crippen LogP contribution < -0.4 is 5.43 Å². The van der Waals surface area contributed by atoms with Crippen molar-refractivity contribution in [3.63, 3.8) is 0 Å². The summed E-state index contributed by atoms with van der Waals surface area (Å²) < 4.78 is 0. The van der Waals surface area contributed by atoms with Gasteiger partial charge < -0.3 is 0 Å². The third-order valence-corrected chi connectivity index (χ3v) is 2.45. The van der Waals surface area contributed by atoms with Gasteiger partial charge in [-0.05, 0) is 25.1 Å². The number of nitrogens with one attached hydrogen (secondary N) is 1. The van der Waals surface area contributed by atoms with Gasteiger partial charge in [-0.2, -0.15) is 5.10 Å². The predicted octanol–water partition coefficient (Wildman–Crippen LogP) is 2.85. The summed E-state index contributed by atoms with van der Waals surface area (Å²) in [5.74, 6) is 0.0228. The maximum absolute atomic E-state index is 11.6. The fraction of sp³-hybridized carbons (Fsp3) is 0.143. The molecule has 0 bridgehead atoms. The highest BCUT2D eigenvalue weighted by Crippen LogP contribution is 2.09. The molecule has 0 unspecified atom stereocenters. The Morgan fingerprint density at radius 1 is 1.18 bits per heavy atom. The molecule has 0 aromatic heterocycles. The highest BCUT2D eigenvalue weighted by molar-refractivity contribution is 6.44. The molecule has 0 aliphatic heterocycles. The molecule has 0 saturated heterocycles. The largest absolute Gasteiger partial charge is 0.292 e. The topological polar surface area (TPSA) is 41.5 Å². The normalized spacial score (nSPS) is 17.2. The van der Waals surface area contributed by atoms with Crippen molar-refractivity contribution in [1.29, 1.82) is 0 Å². The number of allylic oxidation sites excluding steroid dienone is 4. The zero-order valence-electron chi connectivity index (χ0n) is 9.68. The molecule has 3 heteroatoms. The average molecular weight is 226 g/mol. The van der Waals surface area contributed by atoms with Gasteiger partial charge >= 0.3 is 0 Å². The number of hydrazone groups is 1. The third-order valence-electron chi connectivity index (χ3n) is 2.45. The van der Waals surface area contributed by atoms with Gasteiger partial charge in [-0.25, -0.2) is 0 Å². The van der Waals surface area contributed by atoms with Crippen LogP contribution in [-0.4, -0.2) is 11.5 Å². The van der Waals surface area contributed by atoms with Crippen molar-refractivity contribution in [1.82, 2.24) is 0 Å². The summed E-state index contributed by atoms with van der Waals surface area (Å²) in [7, 11) is 0. The smallest absolute Gasteiger partial charge is 0.186 e. The van der Waals surface area contributed by atoms with Gasteiger partial charge in [-0.1, -0.05) is 35.9 Å². The lowest BCUT2D eigenvalue weighted by molar-refractivity contribution is -0.112. The van der Waals surface area contributed by atoms with Crippen LogP contribution in [0, 0.1) is 6.92 Å². The van der Waals surface area contributed by atoms with Crippen LogP contribution in [-0.2, 0) is 4.79 Å². The van der Waals surface area contributed by atoms with E-state index in [4.69, 9.17) is 0 Å². The van der Waals surface area contributed by atoms with Gasteiger partial charge in [0.15, 0.2) is 5.78 Å². The van der Waals surface area contributed by atoms with Gasteiger partial charge in [-0.15, -0.1) is 0 Å². The summed E-state index contributed by atoms with van der Waals surface area (Å²) >= 11 is 0. The molecule has 2 rings (SSSR count). The standard InChI is InChI=1S/C14H14N2O/c1-11-7-9-12(10-8-11)15-16-13-5-3-2-4-6-14(13)17/h2-5,7-10,15H,6H2,1H3/b16-13-. The Bertz CT molecular complexity index is 495. The van der Waals surface area contributed by atoms with Crippen molar-refractivity contribution in [3.05, 3.63) is 54.1 Å². The van der Waals surface area contributed by atoms with Gasteiger partial charge in [-0.3, -0.25) is 10.2 Å². The number of carbonyl (C=O) groups excluding carboxylic acids is 1. The van der Waals surface area contributed by atoms with Crippen LogP contribution in [0.4, 0.5) is 5.69 Å². The van der Waals surface area contributed by atoms with E-state index in [1.165, 1.54) is 5.56 Å². The van der Waals surface area contributed by atoms with Crippen LogP contribution in [0.2, 0.25) is 0 Å². The Morgan fingerprint density at radius 2 is 1.94 bits per heavy atom. The van der Waals surface area contributed by atoms with Crippen molar-refractivity contribution in [2.75, 3.05) is 5.43 Å². The van der Waals surface area contributed by atoms with Crippen LogP contribution in [0.5, 0.6) is 0 Å². The van der Waals surface area contributed by atoms with Crippen molar-refractivity contribution in [2.24, 2.45) is 5.10 Å². The van der Waals surface area contributed by atoms with E-state index in [2.05, 4.69) is 10.5 Å². The Kier molecular flexibility index (Phi) is 3.50. The monoisotopic (exact) mass is 226 g/mol. The lowest BCUT2D eigenvalue weighted by Crippen LogP contribution is -2.11. The van der Waals surface area contributed by atoms with Gasteiger partial charge in [0, 0.05) is 6.42 Å². The molecule has 17 heavy (non-hydrogen) atoms. The molecule has 0 fully saturated rings. The first-order valence-corrected chi connectivity index (χ1v) is 5.52. The molecule has 86 valence electrons. The Labute approximate surface area is 101 Å². The summed E-state index contributed by atoms with van der Waals surface area (Å²) in [5.41, 5.74) is 5.41. The number of carbonyl (C=O) groups is 1. The molecule has 1 N–H and O–H groups in total. The van der Waals surface area contributed by atoms with Gasteiger partial charge in [0.05, 0.1) is 5.69 Å². The number of benzene rings is 1. The van der Waals surface area contributed by atoms with Gasteiger partial charge in [0.25, 0.3) is 0 Å². The fourth-order valence-corrected chi connectivity index (χ4v) is 1.45. The summed E-state index contributed by atoms with van der Waals surface area (Å²) in [6.45, 7) is 2.03. The Hall–Kier alpha value is -2.16. The SMILES string of the molecule is Cc1ccc(N/N=C2/C=CC=CCC2=O)cc1. The van der Waals surface area contributed by atoms with E-state index < -0.39 is 0 Å².